The van der Waals surface area contributed by atoms with Crippen molar-refractivity contribution in [2.75, 3.05) is 5.43 Å². The molecule has 0 aliphatic rings. The van der Waals surface area contributed by atoms with E-state index in [2.05, 4.69) is 15.6 Å². The van der Waals surface area contributed by atoms with Crippen molar-refractivity contribution in [3.8, 4) is 0 Å². The standard InChI is InChI=1S/C9H9N5O2S/c15-14(16)8-3-1-2-7(4-8)5-11-13-6-10-12-9(13)17/h1-4,6,11H,5H2,(H,12,17). The number of rotatable bonds is 4. The van der Waals surface area contributed by atoms with Gasteiger partial charge in [-0.3, -0.25) is 15.2 Å². The molecule has 1 aromatic carbocycles. The molecule has 2 N–H and O–H groups in total. The Morgan fingerprint density at radius 3 is 3.06 bits per heavy atom. The molecule has 0 radical (unpaired) electrons. The minimum absolute atomic E-state index is 0.0695. The second kappa shape index (κ2) is 4.74. The Balaban J connectivity index is 2.09. The number of nitrogens with zero attached hydrogens (tertiary/aromatic N) is 3. The van der Waals surface area contributed by atoms with Gasteiger partial charge in [0.25, 0.3) is 5.69 Å². The molecular weight excluding hydrogens is 242 g/mol. The Labute approximate surface area is 101 Å². The summed E-state index contributed by atoms with van der Waals surface area (Å²) in [5.41, 5.74) is 3.83. The zero-order chi connectivity index (χ0) is 12.3. The van der Waals surface area contributed by atoms with Crippen molar-refractivity contribution in [3.63, 3.8) is 0 Å². The van der Waals surface area contributed by atoms with Crippen LogP contribution >= 0.6 is 12.2 Å². The van der Waals surface area contributed by atoms with Crippen molar-refractivity contribution in [2.24, 2.45) is 0 Å². The lowest BCUT2D eigenvalue weighted by Gasteiger charge is -2.05. The van der Waals surface area contributed by atoms with Crippen LogP contribution in [0.3, 0.4) is 0 Å². The molecule has 0 fully saturated rings. The molecule has 0 aliphatic carbocycles. The molecule has 0 saturated carbocycles. The van der Waals surface area contributed by atoms with Crippen LogP contribution in [0.1, 0.15) is 5.56 Å². The van der Waals surface area contributed by atoms with E-state index in [1.165, 1.54) is 23.1 Å². The number of non-ortho nitro benzene ring substituents is 1. The van der Waals surface area contributed by atoms with Crippen LogP contribution in [-0.2, 0) is 6.54 Å². The zero-order valence-electron chi connectivity index (χ0n) is 8.66. The van der Waals surface area contributed by atoms with Crippen LogP contribution in [0.25, 0.3) is 0 Å². The summed E-state index contributed by atoms with van der Waals surface area (Å²) >= 11 is 4.94. The fourth-order valence-electron chi connectivity index (χ4n) is 1.32. The van der Waals surface area contributed by atoms with E-state index >= 15 is 0 Å². The predicted octanol–water partition coefficient (Wildman–Crippen LogP) is 1.59. The molecule has 0 amide bonds. The lowest BCUT2D eigenvalue weighted by molar-refractivity contribution is -0.384. The largest absolute Gasteiger partial charge is 0.318 e. The van der Waals surface area contributed by atoms with Crippen LogP contribution in [0, 0.1) is 14.9 Å². The van der Waals surface area contributed by atoms with Gasteiger partial charge in [-0.15, -0.1) is 0 Å². The lowest BCUT2D eigenvalue weighted by atomic mass is 10.2. The van der Waals surface area contributed by atoms with Gasteiger partial charge in [-0.1, -0.05) is 12.1 Å². The smallest absolute Gasteiger partial charge is 0.269 e. The maximum Gasteiger partial charge on any atom is 0.269 e. The van der Waals surface area contributed by atoms with E-state index in [1.807, 2.05) is 0 Å². The van der Waals surface area contributed by atoms with Crippen LogP contribution in [0.5, 0.6) is 0 Å². The number of H-pyrrole nitrogens is 1. The molecule has 0 saturated heterocycles. The van der Waals surface area contributed by atoms with Gasteiger partial charge < -0.3 is 5.43 Å². The van der Waals surface area contributed by atoms with Gasteiger partial charge in [0.05, 0.1) is 11.5 Å². The maximum atomic E-state index is 10.6. The summed E-state index contributed by atoms with van der Waals surface area (Å²) in [6.07, 6.45) is 1.50. The highest BCUT2D eigenvalue weighted by molar-refractivity contribution is 7.71. The van der Waals surface area contributed by atoms with Crippen molar-refractivity contribution in [3.05, 3.63) is 51.0 Å². The lowest BCUT2D eigenvalue weighted by Crippen LogP contribution is -2.13. The number of benzene rings is 1. The molecule has 0 bridgehead atoms. The number of nitro benzene ring substituents is 1. The van der Waals surface area contributed by atoms with Gasteiger partial charge in [-0.05, 0) is 17.8 Å². The quantitative estimate of drug-likeness (QED) is 0.489. The van der Waals surface area contributed by atoms with E-state index < -0.39 is 4.92 Å². The van der Waals surface area contributed by atoms with Crippen LogP contribution in [0.4, 0.5) is 5.69 Å². The Bertz CT molecular complexity index is 591. The van der Waals surface area contributed by atoms with Gasteiger partial charge in [0.1, 0.15) is 6.33 Å². The first-order chi connectivity index (χ1) is 8.16. The summed E-state index contributed by atoms with van der Waals surface area (Å²) < 4.78 is 1.98. The van der Waals surface area contributed by atoms with Crippen molar-refractivity contribution in [1.82, 2.24) is 14.9 Å². The minimum atomic E-state index is -0.424. The molecule has 2 aromatic rings. The summed E-state index contributed by atoms with van der Waals surface area (Å²) in [5, 5.41) is 16.9. The molecule has 88 valence electrons. The topological polar surface area (TPSA) is 88.8 Å². The number of aromatic nitrogens is 3. The summed E-state index contributed by atoms with van der Waals surface area (Å²) in [6, 6.07) is 6.40. The van der Waals surface area contributed by atoms with Gasteiger partial charge >= 0.3 is 0 Å². The first-order valence-corrected chi connectivity index (χ1v) is 5.17. The van der Waals surface area contributed by atoms with Crippen molar-refractivity contribution in [2.45, 2.75) is 6.54 Å². The van der Waals surface area contributed by atoms with Gasteiger partial charge in [-0.2, -0.15) is 5.10 Å². The minimum Gasteiger partial charge on any atom is -0.318 e. The number of nitro groups is 1. The Morgan fingerprint density at radius 2 is 2.41 bits per heavy atom. The average molecular weight is 251 g/mol. The first-order valence-electron chi connectivity index (χ1n) is 4.76. The average Bonchev–Trinajstić information content (AvgIpc) is 2.72. The predicted molar refractivity (Wildman–Crippen MR) is 63.6 cm³/mol. The zero-order valence-corrected chi connectivity index (χ0v) is 9.48. The van der Waals surface area contributed by atoms with Crippen LogP contribution < -0.4 is 5.43 Å². The highest BCUT2D eigenvalue weighted by atomic mass is 32.1. The van der Waals surface area contributed by atoms with E-state index in [1.54, 1.807) is 12.1 Å². The Kier molecular flexibility index (Phi) is 3.15. The summed E-state index contributed by atoms with van der Waals surface area (Å²) in [6.45, 7) is 0.426. The molecule has 17 heavy (non-hydrogen) atoms. The number of hydrogen-bond donors (Lipinski definition) is 2. The normalized spacial score (nSPS) is 10.1. The number of hydrogen-bond acceptors (Lipinski definition) is 5. The van der Waals surface area contributed by atoms with Crippen LogP contribution in [0.15, 0.2) is 30.6 Å². The fraction of sp³-hybridized carbons (Fsp3) is 0.111. The second-order valence-corrected chi connectivity index (χ2v) is 3.68. The van der Waals surface area contributed by atoms with Crippen LogP contribution in [-0.4, -0.2) is 19.8 Å². The summed E-state index contributed by atoms with van der Waals surface area (Å²) in [7, 11) is 0. The number of nitrogens with one attached hydrogen (secondary N) is 2. The van der Waals surface area contributed by atoms with E-state index in [9.17, 15) is 10.1 Å². The SMILES string of the molecule is O=[N+]([O-])c1cccc(CNn2cn[nH]c2=S)c1. The molecule has 2 rings (SSSR count). The van der Waals surface area contributed by atoms with Crippen molar-refractivity contribution < 1.29 is 4.92 Å². The molecule has 7 nitrogen and oxygen atoms in total. The van der Waals surface area contributed by atoms with Gasteiger partial charge in [0, 0.05) is 12.1 Å². The third kappa shape index (κ3) is 2.67. The first kappa shape index (κ1) is 11.3. The monoisotopic (exact) mass is 251 g/mol. The van der Waals surface area contributed by atoms with Gasteiger partial charge in [0.15, 0.2) is 0 Å². The molecule has 0 spiro atoms. The maximum absolute atomic E-state index is 10.6. The highest BCUT2D eigenvalue weighted by Gasteiger charge is 2.05. The molecule has 0 aliphatic heterocycles. The molecule has 8 heteroatoms. The third-order valence-electron chi connectivity index (χ3n) is 2.13. The molecular formula is C9H9N5O2S. The Morgan fingerprint density at radius 1 is 1.59 bits per heavy atom. The van der Waals surface area contributed by atoms with Crippen LogP contribution in [0.2, 0.25) is 0 Å². The second-order valence-electron chi connectivity index (χ2n) is 3.29. The molecule has 0 atom stereocenters. The van der Waals surface area contributed by atoms with Crippen molar-refractivity contribution in [1.29, 1.82) is 0 Å². The Hall–Kier alpha value is -2.22. The highest BCUT2D eigenvalue weighted by Crippen LogP contribution is 2.12. The third-order valence-corrected chi connectivity index (χ3v) is 2.42. The summed E-state index contributed by atoms with van der Waals surface area (Å²) in [4.78, 5) is 10.2. The van der Waals surface area contributed by atoms with Gasteiger partial charge in [0.2, 0.25) is 4.77 Å². The van der Waals surface area contributed by atoms with E-state index in [-0.39, 0.29) is 5.69 Å². The summed E-state index contributed by atoms with van der Waals surface area (Å²) in [5.74, 6) is 0. The van der Waals surface area contributed by atoms with Crippen molar-refractivity contribution >= 4 is 17.9 Å². The number of aromatic amines is 1. The molecule has 1 aromatic heterocycles. The molecule has 1 heterocycles. The molecule has 0 unspecified atom stereocenters. The van der Waals surface area contributed by atoms with E-state index in [0.29, 0.717) is 11.3 Å². The van der Waals surface area contributed by atoms with Gasteiger partial charge in [-0.25, -0.2) is 4.68 Å². The van der Waals surface area contributed by atoms with E-state index in [4.69, 9.17) is 12.2 Å². The van der Waals surface area contributed by atoms with E-state index in [0.717, 1.165) is 5.56 Å². The fourth-order valence-corrected chi connectivity index (χ4v) is 1.48.